The van der Waals surface area contributed by atoms with Crippen LogP contribution in [0, 0.1) is 5.92 Å². The highest BCUT2D eigenvalue weighted by Gasteiger charge is 3.29. The molecule has 0 heterocycles. The highest BCUT2D eigenvalue weighted by molar-refractivity contribution is 5.60. The molecule has 12 rings (SSSR count). The Kier molecular flexibility index (Phi) is 14.6. The van der Waals surface area contributed by atoms with Crippen LogP contribution in [0.4, 0.5) is 224 Å². The molecule has 0 aromatic heterocycles. The second-order valence-corrected chi connectivity index (χ2v) is 24.5. The lowest BCUT2D eigenvalue weighted by Gasteiger charge is -2.75. The van der Waals surface area contributed by atoms with Gasteiger partial charge < -0.3 is 29.5 Å². The maximum atomic E-state index is 16.5. The summed E-state index contributed by atoms with van der Waals surface area (Å²) in [4.78, 5) is 0. The predicted molar refractivity (Wildman–Crippen MR) is 200 cm³/mol. The number of ether oxygens (including phenoxy) is 3. The zero-order valence-electron chi connectivity index (χ0n) is 44.9. The van der Waals surface area contributed by atoms with Gasteiger partial charge in [0, 0.05) is 0 Å². The Morgan fingerprint density at radius 2 is 0.290 bits per heavy atom. The molecule has 12 aliphatic rings. The van der Waals surface area contributed by atoms with Crippen LogP contribution in [0.1, 0.15) is 19.3 Å². The Bertz CT molecular complexity index is 2820. The van der Waals surface area contributed by atoms with Crippen LogP contribution >= 0.6 is 0 Å². The Morgan fingerprint density at radius 1 is 0.190 bits per heavy atom. The van der Waals surface area contributed by atoms with Gasteiger partial charge >= 0.3 is 141 Å². The molecule has 100 heavy (non-hydrogen) atoms. The predicted octanol–water partition coefficient (Wildman–Crippen LogP) is 14.0. The second kappa shape index (κ2) is 18.2. The fraction of sp³-hybridized carbons (Fsp3) is 1.00. The molecule has 12 saturated carbocycles. The summed E-state index contributed by atoms with van der Waals surface area (Å²) >= 11 is 0. The third-order valence-electron chi connectivity index (χ3n) is 20.2. The number of aliphatic hydroxyl groups is 3. The lowest BCUT2D eigenvalue weighted by atomic mass is 9.37. The van der Waals surface area contributed by atoms with Gasteiger partial charge in [-0.2, -0.15) is 158 Å². The van der Waals surface area contributed by atoms with E-state index < -0.39 is 256 Å². The van der Waals surface area contributed by atoms with E-state index in [1.165, 1.54) is 0 Å². The first-order valence-electron chi connectivity index (χ1n) is 25.3. The normalized spacial score (nSPS) is 49.5. The van der Waals surface area contributed by atoms with Gasteiger partial charge in [0.05, 0.1) is 38.1 Å². The van der Waals surface area contributed by atoms with Crippen LogP contribution in [0.3, 0.4) is 0 Å². The van der Waals surface area contributed by atoms with Crippen LogP contribution in [0.25, 0.3) is 0 Å². The van der Waals surface area contributed by atoms with Gasteiger partial charge in [-0.15, -0.1) is 0 Å². The van der Waals surface area contributed by atoms with Gasteiger partial charge in [-0.05, 0) is 25.2 Å². The van der Waals surface area contributed by atoms with Crippen molar-refractivity contribution >= 4 is 0 Å². The molecule has 0 aromatic carbocycles. The Balaban J connectivity index is 1.09. The van der Waals surface area contributed by atoms with Crippen molar-refractivity contribution in [2.45, 2.75) is 230 Å². The highest BCUT2D eigenvalue weighted by Crippen LogP contribution is 2.94. The van der Waals surface area contributed by atoms with Crippen molar-refractivity contribution in [1.82, 2.24) is 0 Å². The van der Waals surface area contributed by atoms with E-state index in [0.29, 0.717) is 0 Å². The zero-order valence-corrected chi connectivity index (χ0v) is 44.9. The third kappa shape index (κ3) is 5.75. The summed E-state index contributed by atoms with van der Waals surface area (Å²) in [7, 11) is 0. The topological polar surface area (TPSA) is 88.4 Å². The number of halogens is 51. The first-order valence-corrected chi connectivity index (χ1v) is 25.3. The largest absolute Gasteiger partial charge is 0.397 e. The monoisotopic (exact) mass is 1600 g/mol. The van der Waals surface area contributed by atoms with Crippen molar-refractivity contribution in [2.75, 3.05) is 19.8 Å². The summed E-state index contributed by atoms with van der Waals surface area (Å²) in [6, 6.07) is 0. The lowest BCUT2D eigenvalue weighted by Crippen LogP contribution is -3.10. The molecule has 0 saturated heterocycles. The van der Waals surface area contributed by atoms with E-state index in [1.807, 2.05) is 0 Å². The number of hydrogen-bond donors (Lipinski definition) is 3. The zero-order chi connectivity index (χ0) is 79.2. The Labute approximate surface area is 509 Å². The van der Waals surface area contributed by atoms with Gasteiger partial charge in [0.25, 0.3) is 51.0 Å². The van der Waals surface area contributed by atoms with Crippen molar-refractivity contribution in [3.63, 3.8) is 0 Å². The molecule has 584 valence electrons. The Morgan fingerprint density at radius 3 is 0.400 bits per heavy atom. The standard InChI is InChI=1S/C43H19F51O6/c44-11(14(47)26(59,60)20(53)28(63,64)15(11,48)29(65,66)21(54,27(14,61)62)38(20,83)84)41(89,90)98-4-8(95)1-7(2-9(96)5-99-42(91,92)12(45)16(49)30(67,68)22(55)32(71,72)17(12,50)33(73,74)23(56,31(16,69)70)39(22,85)86)3-10(97)6-100-43(93,94)13(46)18(51)34(75,76)24(57)36(79,80)19(13,52)37(81,82)25(58,35(18,77)78)40(24,87)88/h7-10,95-97H,1-6H2. The fourth-order valence-corrected chi connectivity index (χ4v) is 15.4. The minimum Gasteiger partial charge on any atom is -0.391 e. The molecule has 12 bridgehead atoms. The second-order valence-electron chi connectivity index (χ2n) is 24.5. The molecule has 3 unspecified atom stereocenters. The SMILES string of the molecule is OC(COC(F)(F)C1(F)C2(F)C(F)(F)C3(F)C(F)(F)C(F)(C2(F)F)C(F)(F)C1(F)C3(F)F)CC(CC(O)COC(F)(F)C1(F)C2(F)C(F)(F)C3(F)C(F)(F)C(F)(C2(F)F)C(F)(F)C1(F)C3(F)F)CC(O)COC(F)(F)C1(F)C2(F)C(F)(F)C3(F)C(F)(F)C(F)(C2(F)F)C(F)(F)C1(F)C3(F)F. The van der Waals surface area contributed by atoms with Crippen LogP contribution in [-0.2, 0) is 14.2 Å². The van der Waals surface area contributed by atoms with Crippen LogP contribution < -0.4 is 0 Å². The molecule has 0 radical (unpaired) electrons. The van der Waals surface area contributed by atoms with Gasteiger partial charge in [0.1, 0.15) is 0 Å². The van der Waals surface area contributed by atoms with Gasteiger partial charge in [-0.1, -0.05) is 0 Å². The van der Waals surface area contributed by atoms with Gasteiger partial charge in [0.2, 0.25) is 0 Å². The number of alkyl halides is 51. The van der Waals surface area contributed by atoms with E-state index in [2.05, 4.69) is 14.2 Å². The molecule has 0 amide bonds. The van der Waals surface area contributed by atoms with E-state index >= 15 is 198 Å². The minimum absolute atomic E-state index is 2.62. The summed E-state index contributed by atoms with van der Waals surface area (Å²) in [5.41, 5.74) is -135. The number of hydrogen-bond acceptors (Lipinski definition) is 6. The van der Waals surface area contributed by atoms with E-state index in [0.717, 1.165) is 0 Å². The first kappa shape index (κ1) is 80.3. The summed E-state index contributed by atoms with van der Waals surface area (Å²) in [6.45, 7) is -11.4. The van der Waals surface area contributed by atoms with Gasteiger partial charge in [0.15, 0.2) is 0 Å². The maximum absolute atomic E-state index is 16.5. The summed E-state index contributed by atoms with van der Waals surface area (Å²) in [5, 5.41) is 31.0. The minimum atomic E-state index is -9.23. The van der Waals surface area contributed by atoms with Crippen molar-refractivity contribution in [3.8, 4) is 0 Å². The van der Waals surface area contributed by atoms with Crippen molar-refractivity contribution in [3.05, 3.63) is 0 Å². The van der Waals surface area contributed by atoms with E-state index in [-0.39, 0.29) is 0 Å². The molecule has 3 N–H and O–H groups in total. The van der Waals surface area contributed by atoms with Gasteiger partial charge in [-0.25, -0.2) is 65.9 Å². The van der Waals surface area contributed by atoms with E-state index in [4.69, 9.17) is 0 Å². The molecule has 57 heteroatoms. The molecule has 12 fully saturated rings. The molecule has 0 aliphatic heterocycles. The third-order valence-corrected chi connectivity index (χ3v) is 20.2. The van der Waals surface area contributed by atoms with Crippen LogP contribution in [0.2, 0.25) is 0 Å². The molecule has 6 nitrogen and oxygen atoms in total. The summed E-state index contributed by atoms with van der Waals surface area (Å²) in [5.74, 6) is -139. The quantitative estimate of drug-likeness (QED) is 0.119. The number of rotatable bonds is 18. The molecular weight excluding hydrogens is 1580 g/mol. The van der Waals surface area contributed by atoms with Crippen molar-refractivity contribution < 1.29 is 253 Å². The van der Waals surface area contributed by atoms with Crippen molar-refractivity contribution in [2.24, 2.45) is 5.92 Å². The summed E-state index contributed by atoms with van der Waals surface area (Å²) < 4.78 is 794. The average Bonchev–Trinajstić information content (AvgIpc) is 0.600. The van der Waals surface area contributed by atoms with Crippen LogP contribution in [-0.4, -0.2) is 246 Å². The van der Waals surface area contributed by atoms with Crippen LogP contribution in [0.5, 0.6) is 0 Å². The highest BCUT2D eigenvalue weighted by atomic mass is 19.4. The Hall–Kier alpha value is -3.81. The van der Waals surface area contributed by atoms with E-state index in [1.54, 1.807) is 0 Å². The van der Waals surface area contributed by atoms with Crippen LogP contribution in [0.15, 0.2) is 0 Å². The van der Waals surface area contributed by atoms with Gasteiger partial charge in [-0.3, -0.25) is 0 Å². The lowest BCUT2D eigenvalue weighted by molar-refractivity contribution is -0.614. The van der Waals surface area contributed by atoms with Crippen molar-refractivity contribution in [1.29, 1.82) is 0 Å². The molecule has 0 aromatic rings. The first-order chi connectivity index (χ1) is 43.2. The molecular formula is C43H19F51O6. The summed E-state index contributed by atoms with van der Waals surface area (Å²) in [6.07, 6.45) is -47.7. The molecule has 3 atom stereocenters. The molecule has 0 spiro atoms. The number of aliphatic hydroxyl groups excluding tert-OH is 3. The van der Waals surface area contributed by atoms with E-state index in [9.17, 15) is 41.7 Å². The fourth-order valence-electron chi connectivity index (χ4n) is 15.4. The molecule has 12 aliphatic carbocycles. The smallest absolute Gasteiger partial charge is 0.391 e. The average molecular weight is 1600 g/mol. The maximum Gasteiger partial charge on any atom is 0.397 e.